The number of alkyl halides is 3. The van der Waals surface area contributed by atoms with Crippen LogP contribution in [0.4, 0.5) is 13.2 Å². The number of aliphatic carboxylic acids is 1. The fraction of sp³-hybridized carbons (Fsp3) is 0.545. The summed E-state index contributed by atoms with van der Waals surface area (Å²) in [7, 11) is 0. The summed E-state index contributed by atoms with van der Waals surface area (Å²) < 4.78 is 36.7. The fourth-order valence-corrected chi connectivity index (χ4v) is 1.61. The number of nitrogens with zero attached hydrogens (tertiary/aromatic N) is 1. The van der Waals surface area contributed by atoms with Gasteiger partial charge in [0.05, 0.1) is 12.3 Å². The Hall–Kier alpha value is -2.10. The number of carbonyl (C=O) groups excluding carboxylic acids is 1. The second-order valence-electron chi connectivity index (χ2n) is 3.97. The maximum atomic E-state index is 11.5. The highest BCUT2D eigenvalue weighted by atomic mass is 19.4. The zero-order valence-corrected chi connectivity index (χ0v) is 11.1. The summed E-state index contributed by atoms with van der Waals surface area (Å²) in [5, 5.41) is 17.1. The van der Waals surface area contributed by atoms with Crippen molar-refractivity contribution in [3.8, 4) is 0 Å². The van der Waals surface area contributed by atoms with E-state index in [0.717, 1.165) is 30.8 Å². The molecule has 1 aromatic rings. The number of aromatic nitrogens is 2. The quantitative estimate of drug-likeness (QED) is 0.700. The van der Waals surface area contributed by atoms with Crippen LogP contribution in [0.15, 0.2) is 0 Å². The molecule has 10 heteroatoms. The molecular formula is C11H14F3N3O4. The van der Waals surface area contributed by atoms with Gasteiger partial charge in [0.2, 0.25) is 0 Å². The van der Waals surface area contributed by atoms with Crippen molar-refractivity contribution in [1.29, 1.82) is 0 Å². The maximum absolute atomic E-state index is 11.5. The number of fused-ring (bicyclic) bond motifs is 1. The van der Waals surface area contributed by atoms with Gasteiger partial charge < -0.3 is 15.2 Å². The highest BCUT2D eigenvalue weighted by Gasteiger charge is 2.38. The molecule has 0 amide bonds. The van der Waals surface area contributed by atoms with Gasteiger partial charge in [-0.3, -0.25) is 5.10 Å². The molecule has 0 aromatic carbocycles. The molecule has 0 radical (unpaired) electrons. The predicted octanol–water partition coefficient (Wildman–Crippen LogP) is 0.865. The highest BCUT2D eigenvalue weighted by Crippen LogP contribution is 2.16. The molecule has 0 bridgehead atoms. The summed E-state index contributed by atoms with van der Waals surface area (Å²) in [5.74, 6) is -3.06. The van der Waals surface area contributed by atoms with Crippen LogP contribution in [0.5, 0.6) is 0 Å². The Bertz CT molecular complexity index is 513. The minimum absolute atomic E-state index is 0.303. The summed E-state index contributed by atoms with van der Waals surface area (Å²) >= 11 is 0. The number of esters is 1. The van der Waals surface area contributed by atoms with E-state index < -0.39 is 12.1 Å². The standard InChI is InChI=1S/C9H13N3O2.C2HF3O2/c1-2-14-9(13)8-6-3-4-10-5-7(6)11-12-8;3-2(4,5)1(6)7/h10H,2-5H2,1H3,(H,11,12);(H,6,7). The Morgan fingerprint density at radius 2 is 2.05 bits per heavy atom. The van der Waals surface area contributed by atoms with Gasteiger partial charge >= 0.3 is 18.1 Å². The normalized spacial score (nSPS) is 13.7. The van der Waals surface area contributed by atoms with Gasteiger partial charge in [0, 0.05) is 12.1 Å². The number of carboxylic acids is 1. The molecule has 1 aliphatic rings. The number of H-pyrrole nitrogens is 1. The lowest BCUT2D eigenvalue weighted by Gasteiger charge is -2.11. The molecule has 0 atom stereocenters. The van der Waals surface area contributed by atoms with E-state index in [9.17, 15) is 18.0 Å². The number of rotatable bonds is 2. The maximum Gasteiger partial charge on any atom is 0.490 e. The van der Waals surface area contributed by atoms with E-state index in [1.165, 1.54) is 0 Å². The van der Waals surface area contributed by atoms with Gasteiger partial charge in [-0.15, -0.1) is 0 Å². The number of halogens is 3. The summed E-state index contributed by atoms with van der Waals surface area (Å²) in [4.78, 5) is 20.4. The van der Waals surface area contributed by atoms with Crippen LogP contribution in [0, 0.1) is 0 Å². The van der Waals surface area contributed by atoms with Gasteiger partial charge in [-0.1, -0.05) is 0 Å². The summed E-state index contributed by atoms with van der Waals surface area (Å²) in [6.07, 6.45) is -4.25. The summed E-state index contributed by atoms with van der Waals surface area (Å²) in [6.45, 7) is 3.80. The summed E-state index contributed by atoms with van der Waals surface area (Å²) in [5.41, 5.74) is 2.45. The molecule has 0 unspecified atom stereocenters. The number of nitrogens with one attached hydrogen (secondary N) is 2. The first-order valence-electron chi connectivity index (χ1n) is 6.01. The Morgan fingerprint density at radius 3 is 2.57 bits per heavy atom. The molecule has 7 nitrogen and oxygen atoms in total. The number of carboxylic acid groups (broad SMARTS) is 1. The summed E-state index contributed by atoms with van der Waals surface area (Å²) in [6, 6.07) is 0. The van der Waals surface area contributed by atoms with Crippen molar-refractivity contribution in [3.05, 3.63) is 17.0 Å². The number of aromatic amines is 1. The third-order valence-electron chi connectivity index (χ3n) is 2.52. The lowest BCUT2D eigenvalue weighted by Crippen LogP contribution is -2.24. The van der Waals surface area contributed by atoms with Crippen molar-refractivity contribution in [2.24, 2.45) is 0 Å². The van der Waals surface area contributed by atoms with E-state index in [2.05, 4.69) is 15.5 Å². The zero-order valence-electron chi connectivity index (χ0n) is 11.1. The van der Waals surface area contributed by atoms with Crippen LogP contribution in [-0.2, 0) is 22.5 Å². The Labute approximate surface area is 117 Å². The zero-order chi connectivity index (χ0) is 16.0. The number of carbonyl (C=O) groups is 2. The van der Waals surface area contributed by atoms with Crippen LogP contribution in [0.1, 0.15) is 28.7 Å². The topological polar surface area (TPSA) is 104 Å². The number of hydrogen-bond acceptors (Lipinski definition) is 5. The Balaban J connectivity index is 0.000000270. The van der Waals surface area contributed by atoms with Gasteiger partial charge in [-0.05, 0) is 19.9 Å². The van der Waals surface area contributed by atoms with Gasteiger partial charge in [0.15, 0.2) is 0 Å². The third kappa shape index (κ3) is 4.74. The molecule has 0 saturated carbocycles. The van der Waals surface area contributed by atoms with Gasteiger partial charge in [-0.2, -0.15) is 18.3 Å². The van der Waals surface area contributed by atoms with Crippen molar-refractivity contribution in [2.75, 3.05) is 13.2 Å². The molecule has 2 heterocycles. The molecule has 0 saturated heterocycles. The van der Waals surface area contributed by atoms with E-state index in [-0.39, 0.29) is 5.97 Å². The van der Waals surface area contributed by atoms with Crippen molar-refractivity contribution in [3.63, 3.8) is 0 Å². The monoisotopic (exact) mass is 309 g/mol. The van der Waals surface area contributed by atoms with Gasteiger partial charge in [-0.25, -0.2) is 9.59 Å². The van der Waals surface area contributed by atoms with Crippen molar-refractivity contribution in [2.45, 2.75) is 26.1 Å². The average molecular weight is 309 g/mol. The largest absolute Gasteiger partial charge is 0.490 e. The molecule has 0 aliphatic carbocycles. The highest BCUT2D eigenvalue weighted by molar-refractivity contribution is 5.89. The Morgan fingerprint density at radius 1 is 1.43 bits per heavy atom. The minimum Gasteiger partial charge on any atom is -0.475 e. The molecule has 0 spiro atoms. The van der Waals surface area contributed by atoms with Crippen LogP contribution in [0.25, 0.3) is 0 Å². The molecule has 1 aromatic heterocycles. The molecule has 21 heavy (non-hydrogen) atoms. The van der Waals surface area contributed by atoms with E-state index >= 15 is 0 Å². The average Bonchev–Trinajstić information content (AvgIpc) is 2.82. The first-order chi connectivity index (χ1) is 9.77. The smallest absolute Gasteiger partial charge is 0.475 e. The molecule has 118 valence electrons. The minimum atomic E-state index is -5.08. The van der Waals surface area contributed by atoms with Crippen LogP contribution in [0.3, 0.4) is 0 Å². The lowest BCUT2D eigenvalue weighted by molar-refractivity contribution is -0.192. The van der Waals surface area contributed by atoms with E-state index in [1.807, 2.05) is 0 Å². The number of ether oxygens (including phenoxy) is 1. The SMILES string of the molecule is CCOC(=O)c1[nH]nc2c1CCNC2.O=C(O)C(F)(F)F. The molecule has 1 aliphatic heterocycles. The fourth-order valence-electron chi connectivity index (χ4n) is 1.61. The molecule has 0 fully saturated rings. The van der Waals surface area contributed by atoms with Gasteiger partial charge in [0.1, 0.15) is 5.69 Å². The molecular weight excluding hydrogens is 295 g/mol. The first kappa shape index (κ1) is 17.0. The lowest BCUT2D eigenvalue weighted by atomic mass is 10.1. The van der Waals surface area contributed by atoms with Crippen molar-refractivity contribution >= 4 is 11.9 Å². The van der Waals surface area contributed by atoms with Crippen LogP contribution in [-0.4, -0.2) is 46.6 Å². The van der Waals surface area contributed by atoms with E-state index in [0.29, 0.717) is 12.3 Å². The van der Waals surface area contributed by atoms with Crippen molar-refractivity contribution < 1.29 is 32.6 Å². The second kappa shape index (κ2) is 7.07. The van der Waals surface area contributed by atoms with Crippen LogP contribution in [0.2, 0.25) is 0 Å². The van der Waals surface area contributed by atoms with Gasteiger partial charge in [0.25, 0.3) is 0 Å². The molecule has 2 rings (SSSR count). The molecule has 3 N–H and O–H groups in total. The van der Waals surface area contributed by atoms with E-state index in [1.54, 1.807) is 6.92 Å². The number of hydrogen-bond donors (Lipinski definition) is 3. The first-order valence-corrected chi connectivity index (χ1v) is 6.01. The second-order valence-corrected chi connectivity index (χ2v) is 3.97. The third-order valence-corrected chi connectivity index (χ3v) is 2.52. The van der Waals surface area contributed by atoms with Crippen LogP contribution >= 0.6 is 0 Å². The van der Waals surface area contributed by atoms with Crippen LogP contribution < -0.4 is 5.32 Å². The Kier molecular flexibility index (Phi) is 5.70. The van der Waals surface area contributed by atoms with Crippen molar-refractivity contribution in [1.82, 2.24) is 15.5 Å². The predicted molar refractivity (Wildman–Crippen MR) is 63.6 cm³/mol. The van der Waals surface area contributed by atoms with E-state index in [4.69, 9.17) is 14.6 Å².